The van der Waals surface area contributed by atoms with Crippen LogP contribution in [0.5, 0.6) is 5.88 Å². The Bertz CT molecular complexity index is 759. The quantitative estimate of drug-likeness (QED) is 0.757. The lowest BCUT2D eigenvalue weighted by Gasteiger charge is -2.18. The Hall–Kier alpha value is -2.78. The van der Waals surface area contributed by atoms with Gasteiger partial charge in [0.2, 0.25) is 5.88 Å². The highest BCUT2D eigenvalue weighted by atomic mass is 19.3. The van der Waals surface area contributed by atoms with Gasteiger partial charge in [0.15, 0.2) is 6.61 Å². The third-order valence-corrected chi connectivity index (χ3v) is 3.43. The van der Waals surface area contributed by atoms with Crippen LogP contribution in [-0.4, -0.2) is 39.8 Å². The molecule has 2 aromatic rings. The summed E-state index contributed by atoms with van der Waals surface area (Å²) < 4.78 is 54.8. The van der Waals surface area contributed by atoms with Gasteiger partial charge in [-0.2, -0.15) is 8.78 Å². The first-order valence-electron chi connectivity index (χ1n) is 7.53. The van der Waals surface area contributed by atoms with E-state index in [4.69, 9.17) is 4.74 Å². The Morgan fingerprint density at radius 2 is 2.08 bits per heavy atom. The minimum atomic E-state index is -4.26. The van der Waals surface area contributed by atoms with Crippen LogP contribution in [0.15, 0.2) is 30.9 Å². The average Bonchev–Trinajstić information content (AvgIpc) is 2.61. The van der Waals surface area contributed by atoms with Crippen molar-refractivity contribution in [1.29, 1.82) is 0 Å². The molecule has 0 bridgehead atoms. The summed E-state index contributed by atoms with van der Waals surface area (Å²) in [5, 5.41) is 2.70. The molecular formula is C16H16F4N4O2. The molecule has 140 valence electrons. The SMILES string of the molecule is Cc1cc(C(C)NC(=O)c2ccncn2)cnc1OCC(F)(F)C(F)F. The van der Waals surface area contributed by atoms with Crippen molar-refractivity contribution >= 4 is 5.91 Å². The van der Waals surface area contributed by atoms with E-state index < -0.39 is 30.9 Å². The van der Waals surface area contributed by atoms with Crippen molar-refractivity contribution in [3.8, 4) is 5.88 Å². The normalized spacial score (nSPS) is 12.7. The topological polar surface area (TPSA) is 77.0 Å². The third kappa shape index (κ3) is 4.87. The summed E-state index contributed by atoms with van der Waals surface area (Å²) in [7, 11) is 0. The van der Waals surface area contributed by atoms with Crippen molar-refractivity contribution in [1.82, 2.24) is 20.3 Å². The number of hydrogen-bond donors (Lipinski definition) is 1. The number of pyridine rings is 1. The second-order valence-corrected chi connectivity index (χ2v) is 5.53. The number of carbonyl (C=O) groups excluding carboxylic acids is 1. The number of halogens is 4. The first-order chi connectivity index (χ1) is 12.2. The van der Waals surface area contributed by atoms with Crippen molar-refractivity contribution in [2.24, 2.45) is 0 Å². The van der Waals surface area contributed by atoms with E-state index in [-0.39, 0.29) is 11.6 Å². The molecule has 0 spiro atoms. The lowest BCUT2D eigenvalue weighted by Crippen LogP contribution is -2.34. The van der Waals surface area contributed by atoms with E-state index in [2.05, 4.69) is 20.3 Å². The summed E-state index contributed by atoms with van der Waals surface area (Å²) in [5.41, 5.74) is 1.14. The molecule has 1 atom stereocenters. The molecule has 2 rings (SSSR count). The zero-order valence-corrected chi connectivity index (χ0v) is 13.9. The number of nitrogens with zero attached hydrogens (tertiary/aromatic N) is 3. The van der Waals surface area contributed by atoms with Crippen LogP contribution >= 0.6 is 0 Å². The molecule has 1 amide bonds. The summed E-state index contributed by atoms with van der Waals surface area (Å²) >= 11 is 0. The molecule has 0 saturated heterocycles. The smallest absolute Gasteiger partial charge is 0.340 e. The standard InChI is InChI=1S/C16H16F4N4O2/c1-9-5-11(6-22-14(9)26-7-16(19,20)15(17)18)10(2)24-13(25)12-3-4-21-8-23-12/h3-6,8,10,15H,7H2,1-2H3,(H,24,25). The minimum absolute atomic E-state index is 0.177. The van der Waals surface area contributed by atoms with Crippen LogP contribution in [0.1, 0.15) is 34.6 Å². The summed E-state index contributed by atoms with van der Waals surface area (Å²) in [5.74, 6) is -4.86. The molecule has 2 aromatic heterocycles. The second kappa shape index (κ2) is 8.07. The van der Waals surface area contributed by atoms with Gasteiger partial charge >= 0.3 is 12.3 Å². The van der Waals surface area contributed by atoms with Crippen LogP contribution in [0.25, 0.3) is 0 Å². The van der Waals surface area contributed by atoms with Gasteiger partial charge in [-0.15, -0.1) is 0 Å². The number of aryl methyl sites for hydroxylation is 1. The van der Waals surface area contributed by atoms with Gasteiger partial charge in [-0.1, -0.05) is 0 Å². The number of rotatable bonds is 7. The predicted molar refractivity (Wildman–Crippen MR) is 83.3 cm³/mol. The Morgan fingerprint density at radius 1 is 1.35 bits per heavy atom. The van der Waals surface area contributed by atoms with Crippen LogP contribution in [-0.2, 0) is 0 Å². The summed E-state index contributed by atoms with van der Waals surface area (Å²) in [4.78, 5) is 23.5. The Morgan fingerprint density at radius 3 is 2.65 bits per heavy atom. The fourth-order valence-electron chi connectivity index (χ4n) is 1.98. The van der Waals surface area contributed by atoms with E-state index in [1.54, 1.807) is 13.0 Å². The van der Waals surface area contributed by atoms with Crippen molar-refractivity contribution in [3.63, 3.8) is 0 Å². The number of ether oxygens (including phenoxy) is 1. The molecule has 26 heavy (non-hydrogen) atoms. The predicted octanol–water partition coefficient (Wildman–Crippen LogP) is 2.95. The molecule has 1 unspecified atom stereocenters. The molecule has 0 saturated carbocycles. The van der Waals surface area contributed by atoms with Crippen LogP contribution in [0.4, 0.5) is 17.6 Å². The van der Waals surface area contributed by atoms with Gasteiger partial charge in [0.1, 0.15) is 12.0 Å². The van der Waals surface area contributed by atoms with Gasteiger partial charge in [0.25, 0.3) is 5.91 Å². The van der Waals surface area contributed by atoms with E-state index >= 15 is 0 Å². The molecule has 0 aromatic carbocycles. The summed E-state index contributed by atoms with van der Waals surface area (Å²) in [6.45, 7) is 1.75. The highest BCUT2D eigenvalue weighted by Gasteiger charge is 2.42. The summed E-state index contributed by atoms with van der Waals surface area (Å²) in [6.07, 6.45) is 0.166. The van der Waals surface area contributed by atoms with E-state index in [9.17, 15) is 22.4 Å². The highest BCUT2D eigenvalue weighted by Crippen LogP contribution is 2.26. The van der Waals surface area contributed by atoms with E-state index in [1.807, 2.05) is 0 Å². The third-order valence-electron chi connectivity index (χ3n) is 3.43. The fourth-order valence-corrected chi connectivity index (χ4v) is 1.98. The maximum absolute atomic E-state index is 12.9. The largest absolute Gasteiger partial charge is 0.471 e. The van der Waals surface area contributed by atoms with E-state index in [0.29, 0.717) is 11.1 Å². The molecule has 0 aliphatic heterocycles. The first kappa shape index (κ1) is 19.5. The number of nitrogens with one attached hydrogen (secondary N) is 1. The molecule has 0 aliphatic rings. The number of amides is 1. The van der Waals surface area contributed by atoms with E-state index in [1.165, 1.54) is 31.7 Å². The maximum atomic E-state index is 12.9. The average molecular weight is 372 g/mol. The van der Waals surface area contributed by atoms with E-state index in [0.717, 1.165) is 0 Å². The monoisotopic (exact) mass is 372 g/mol. The van der Waals surface area contributed by atoms with Crippen molar-refractivity contribution < 1.29 is 27.1 Å². The number of carbonyl (C=O) groups is 1. The van der Waals surface area contributed by atoms with Crippen molar-refractivity contribution in [3.05, 3.63) is 47.7 Å². The zero-order chi connectivity index (χ0) is 19.3. The molecule has 0 aliphatic carbocycles. The maximum Gasteiger partial charge on any atom is 0.340 e. The molecule has 2 heterocycles. The lowest BCUT2D eigenvalue weighted by molar-refractivity contribution is -0.148. The Labute approximate surface area is 146 Å². The second-order valence-electron chi connectivity index (χ2n) is 5.53. The molecule has 6 nitrogen and oxygen atoms in total. The fraction of sp³-hybridized carbons (Fsp3) is 0.375. The van der Waals surface area contributed by atoms with Gasteiger partial charge < -0.3 is 10.1 Å². The number of aromatic nitrogens is 3. The van der Waals surface area contributed by atoms with Crippen LogP contribution < -0.4 is 10.1 Å². The highest BCUT2D eigenvalue weighted by molar-refractivity contribution is 5.92. The zero-order valence-electron chi connectivity index (χ0n) is 13.9. The molecule has 10 heteroatoms. The van der Waals surface area contributed by atoms with Crippen LogP contribution in [0.2, 0.25) is 0 Å². The van der Waals surface area contributed by atoms with Crippen molar-refractivity contribution in [2.45, 2.75) is 32.2 Å². The van der Waals surface area contributed by atoms with Crippen molar-refractivity contribution in [2.75, 3.05) is 6.61 Å². The van der Waals surface area contributed by atoms with Gasteiger partial charge in [-0.05, 0) is 31.5 Å². The van der Waals surface area contributed by atoms with Crippen LogP contribution in [0.3, 0.4) is 0 Å². The molecule has 0 fully saturated rings. The minimum Gasteiger partial charge on any atom is -0.471 e. The Balaban J connectivity index is 2.03. The summed E-state index contributed by atoms with van der Waals surface area (Å²) in [6, 6.07) is 2.56. The van der Waals surface area contributed by atoms with Crippen LogP contribution in [0, 0.1) is 6.92 Å². The lowest BCUT2D eigenvalue weighted by atomic mass is 10.1. The molecule has 0 radical (unpaired) electrons. The molecular weight excluding hydrogens is 356 g/mol. The first-order valence-corrected chi connectivity index (χ1v) is 7.53. The number of alkyl halides is 4. The van der Waals surface area contributed by atoms with Gasteiger partial charge in [-0.3, -0.25) is 4.79 Å². The molecule has 1 N–H and O–H groups in total. The van der Waals surface area contributed by atoms with Gasteiger partial charge in [-0.25, -0.2) is 23.7 Å². The van der Waals surface area contributed by atoms with Gasteiger partial charge in [0.05, 0.1) is 6.04 Å². The van der Waals surface area contributed by atoms with Gasteiger partial charge in [0, 0.05) is 18.0 Å². The number of hydrogen-bond acceptors (Lipinski definition) is 5. The Kier molecular flexibility index (Phi) is 6.06.